The van der Waals surface area contributed by atoms with Crippen molar-refractivity contribution in [1.82, 2.24) is 0 Å². The number of hydrogen-bond donors (Lipinski definition) is 8. The minimum atomic E-state index is -2.74. The quantitative estimate of drug-likeness (QED) is 0.168. The molecule has 14 nitrogen and oxygen atoms in total. The summed E-state index contributed by atoms with van der Waals surface area (Å²) < 4.78 is 0. The molecule has 0 fully saturated rings. The molecule has 8 N–H and O–H groups in total. The van der Waals surface area contributed by atoms with Crippen LogP contribution in [0.15, 0.2) is 0 Å². The third-order valence-electron chi connectivity index (χ3n) is 2.57. The van der Waals surface area contributed by atoms with Gasteiger partial charge in [0.25, 0.3) is 0 Å². The zero-order chi connectivity index (χ0) is 21.3. The topological polar surface area (TPSA) is 264 Å². The van der Waals surface area contributed by atoms with Crippen molar-refractivity contribution < 1.29 is 69.6 Å². The van der Waals surface area contributed by atoms with E-state index in [1.807, 2.05) is 0 Å². The second-order valence-electron chi connectivity index (χ2n) is 4.96. The van der Waals surface area contributed by atoms with Crippen LogP contribution in [-0.2, 0) is 28.8 Å². The van der Waals surface area contributed by atoms with Gasteiger partial charge < -0.3 is 40.9 Å². The predicted molar refractivity (Wildman–Crippen MR) is 79.9 cm³/mol. The molecule has 0 saturated heterocycles. The molecule has 0 saturated carbocycles. The lowest BCUT2D eigenvalue weighted by molar-refractivity contribution is -0.170. The SMILES string of the molecule is O=C(O)CC(O)(CC(=O)O)C(=O)O.O=C(O)CC(O)(CC(=O)O)C(=O)O.[Al]. The predicted octanol–water partition coefficient (Wildman–Crippen LogP) is -2.88. The number of hydrogen-bond acceptors (Lipinski definition) is 8. The maximum absolute atomic E-state index is 10.3. The minimum Gasteiger partial charge on any atom is -0.481 e. The monoisotopic (exact) mass is 411 g/mol. The van der Waals surface area contributed by atoms with Crippen LogP contribution in [-0.4, -0.2) is 105 Å². The third kappa shape index (κ3) is 12.3. The van der Waals surface area contributed by atoms with Crippen molar-refractivity contribution in [2.45, 2.75) is 36.9 Å². The normalized spacial score (nSPS) is 10.4. The van der Waals surface area contributed by atoms with E-state index in [4.69, 9.17) is 40.9 Å². The number of aliphatic hydroxyl groups is 2. The first-order valence-electron chi connectivity index (χ1n) is 6.34. The van der Waals surface area contributed by atoms with E-state index in [-0.39, 0.29) is 17.4 Å². The summed E-state index contributed by atoms with van der Waals surface area (Å²) in [5.74, 6) is -10.0. The minimum absolute atomic E-state index is 0. The Morgan fingerprint density at radius 1 is 0.481 bits per heavy atom. The van der Waals surface area contributed by atoms with Crippen LogP contribution in [0.2, 0.25) is 0 Å². The average molecular weight is 411 g/mol. The summed E-state index contributed by atoms with van der Waals surface area (Å²) in [7, 11) is 0. The number of carboxylic acids is 6. The first-order chi connectivity index (χ1) is 11.6. The molecule has 0 aromatic heterocycles. The Morgan fingerprint density at radius 3 is 0.704 bits per heavy atom. The molecule has 0 spiro atoms. The number of carbonyl (C=O) groups is 6. The molecule has 0 aliphatic rings. The molecule has 151 valence electrons. The third-order valence-corrected chi connectivity index (χ3v) is 2.57. The molecular formula is C12H16AlO14. The van der Waals surface area contributed by atoms with Crippen molar-refractivity contribution in [3.8, 4) is 0 Å². The standard InChI is InChI=1S/2C6H8O7.Al/c2*7-3(8)1-6(13,5(11)12)2-4(9)10;/h2*13H,1-2H2,(H,7,8)(H,9,10)(H,11,12);. The second kappa shape index (κ2) is 11.8. The van der Waals surface area contributed by atoms with Crippen LogP contribution >= 0.6 is 0 Å². The molecule has 0 amide bonds. The first kappa shape index (κ1) is 29.1. The molecule has 0 rings (SSSR count). The highest BCUT2D eigenvalue weighted by Gasteiger charge is 2.41. The molecule has 0 aliphatic heterocycles. The summed E-state index contributed by atoms with van der Waals surface area (Å²) in [6.07, 6.45) is -4.58. The molecule has 0 heterocycles. The Kier molecular flexibility index (Phi) is 12.7. The molecular weight excluding hydrogens is 395 g/mol. The molecule has 27 heavy (non-hydrogen) atoms. The van der Waals surface area contributed by atoms with Gasteiger partial charge in [0.2, 0.25) is 0 Å². The van der Waals surface area contributed by atoms with Gasteiger partial charge >= 0.3 is 35.8 Å². The van der Waals surface area contributed by atoms with Crippen LogP contribution in [0.25, 0.3) is 0 Å². The highest BCUT2D eigenvalue weighted by Crippen LogP contribution is 2.16. The van der Waals surface area contributed by atoms with E-state index >= 15 is 0 Å². The highest BCUT2D eigenvalue weighted by molar-refractivity contribution is 5.88. The number of rotatable bonds is 10. The zero-order valence-electron chi connectivity index (χ0n) is 13.4. The van der Waals surface area contributed by atoms with E-state index in [2.05, 4.69) is 0 Å². The summed E-state index contributed by atoms with van der Waals surface area (Å²) in [5.41, 5.74) is -5.48. The van der Waals surface area contributed by atoms with Crippen molar-refractivity contribution in [3.05, 3.63) is 0 Å². The van der Waals surface area contributed by atoms with E-state index in [0.29, 0.717) is 0 Å². The van der Waals surface area contributed by atoms with Gasteiger partial charge in [0.15, 0.2) is 11.2 Å². The van der Waals surface area contributed by atoms with Crippen LogP contribution in [0.3, 0.4) is 0 Å². The van der Waals surface area contributed by atoms with Gasteiger partial charge in [0, 0.05) is 17.4 Å². The van der Waals surface area contributed by atoms with Crippen LogP contribution in [0.5, 0.6) is 0 Å². The average Bonchev–Trinajstić information content (AvgIpc) is 2.34. The summed E-state index contributed by atoms with van der Waals surface area (Å²) in [4.78, 5) is 61.0. The van der Waals surface area contributed by atoms with Gasteiger partial charge in [0.1, 0.15) is 0 Å². The fourth-order valence-corrected chi connectivity index (χ4v) is 1.43. The molecule has 0 aromatic carbocycles. The van der Waals surface area contributed by atoms with E-state index in [1.54, 1.807) is 0 Å². The van der Waals surface area contributed by atoms with Crippen LogP contribution < -0.4 is 0 Å². The smallest absolute Gasteiger partial charge is 0.336 e. The Balaban J connectivity index is -0.000000411. The molecule has 0 aliphatic carbocycles. The summed E-state index contributed by atoms with van der Waals surface area (Å²) >= 11 is 0. The largest absolute Gasteiger partial charge is 0.481 e. The summed E-state index contributed by atoms with van der Waals surface area (Å²) in [6, 6.07) is 0. The number of carboxylic acid groups (broad SMARTS) is 6. The lowest BCUT2D eigenvalue weighted by Gasteiger charge is -2.18. The van der Waals surface area contributed by atoms with Gasteiger partial charge in [-0.05, 0) is 0 Å². The molecule has 0 aromatic rings. The molecule has 3 radical (unpaired) electrons. The van der Waals surface area contributed by atoms with Crippen molar-refractivity contribution in [2.24, 2.45) is 0 Å². The zero-order valence-corrected chi connectivity index (χ0v) is 14.6. The summed E-state index contributed by atoms with van der Waals surface area (Å²) in [6.45, 7) is 0. The lowest BCUT2D eigenvalue weighted by atomic mass is 9.96. The second-order valence-corrected chi connectivity index (χ2v) is 4.96. The van der Waals surface area contributed by atoms with Crippen LogP contribution in [0.4, 0.5) is 0 Å². The van der Waals surface area contributed by atoms with Crippen molar-refractivity contribution in [2.75, 3.05) is 0 Å². The maximum atomic E-state index is 10.3. The molecule has 0 bridgehead atoms. The van der Waals surface area contributed by atoms with E-state index in [0.717, 1.165) is 0 Å². The Hall–Kier alpha value is -2.73. The van der Waals surface area contributed by atoms with Crippen molar-refractivity contribution in [1.29, 1.82) is 0 Å². The Labute approximate surface area is 160 Å². The fraction of sp³-hybridized carbons (Fsp3) is 0.500. The maximum Gasteiger partial charge on any atom is 0.336 e. The van der Waals surface area contributed by atoms with E-state index < -0.39 is 72.7 Å². The fourth-order valence-electron chi connectivity index (χ4n) is 1.43. The lowest BCUT2D eigenvalue weighted by Crippen LogP contribution is -2.42. The van der Waals surface area contributed by atoms with E-state index in [9.17, 15) is 28.8 Å². The van der Waals surface area contributed by atoms with Gasteiger partial charge in [-0.25, -0.2) is 9.59 Å². The van der Waals surface area contributed by atoms with Crippen LogP contribution in [0, 0.1) is 0 Å². The summed E-state index contributed by atoms with van der Waals surface area (Å²) in [5, 5.41) is 67.6. The first-order valence-corrected chi connectivity index (χ1v) is 6.34. The molecule has 15 heteroatoms. The van der Waals surface area contributed by atoms with E-state index in [1.165, 1.54) is 0 Å². The molecule has 0 unspecified atom stereocenters. The van der Waals surface area contributed by atoms with Gasteiger partial charge in [0.05, 0.1) is 25.7 Å². The van der Waals surface area contributed by atoms with Crippen molar-refractivity contribution >= 4 is 53.2 Å². The molecule has 0 atom stereocenters. The highest BCUT2D eigenvalue weighted by atomic mass is 27.0. The van der Waals surface area contributed by atoms with Crippen molar-refractivity contribution in [3.63, 3.8) is 0 Å². The number of aliphatic carboxylic acids is 6. The van der Waals surface area contributed by atoms with Gasteiger partial charge in [-0.3, -0.25) is 19.2 Å². The van der Waals surface area contributed by atoms with Gasteiger partial charge in [-0.2, -0.15) is 0 Å². The van der Waals surface area contributed by atoms with Gasteiger partial charge in [-0.15, -0.1) is 0 Å². The Bertz CT molecular complexity index is 513. The van der Waals surface area contributed by atoms with Gasteiger partial charge in [-0.1, -0.05) is 0 Å². The Morgan fingerprint density at radius 2 is 0.630 bits per heavy atom. The van der Waals surface area contributed by atoms with Crippen LogP contribution in [0.1, 0.15) is 25.7 Å².